The van der Waals surface area contributed by atoms with Gasteiger partial charge in [-0.3, -0.25) is 10.1 Å². The first-order valence-electron chi connectivity index (χ1n) is 7.21. The number of nitrogens with zero attached hydrogens (tertiary/aromatic N) is 3. The van der Waals surface area contributed by atoms with E-state index in [1.807, 2.05) is 0 Å². The van der Waals surface area contributed by atoms with Crippen molar-refractivity contribution in [3.63, 3.8) is 0 Å². The number of hydrogen-bond donors (Lipinski definition) is 1. The Labute approximate surface area is 136 Å². The molecule has 0 saturated carbocycles. The molecule has 1 aliphatic rings. The number of aryl methyl sites for hydroxylation is 1. The van der Waals surface area contributed by atoms with Gasteiger partial charge in [-0.2, -0.15) is 0 Å². The largest absolute Gasteiger partial charge is 0.450 e. The van der Waals surface area contributed by atoms with Crippen molar-refractivity contribution >= 4 is 28.5 Å². The summed E-state index contributed by atoms with van der Waals surface area (Å²) in [6.07, 6.45) is 0.114. The highest BCUT2D eigenvalue weighted by atomic mass is 32.1. The summed E-state index contributed by atoms with van der Waals surface area (Å²) < 4.78 is 9.78. The maximum atomic E-state index is 12.4. The average Bonchev–Trinajstić information content (AvgIpc) is 3.11. The number of carbonyl (C=O) groups excluding carboxylic acids is 2. The van der Waals surface area contributed by atoms with Crippen molar-refractivity contribution in [3.05, 3.63) is 28.1 Å². The van der Waals surface area contributed by atoms with Crippen LogP contribution in [0.5, 0.6) is 0 Å². The standard InChI is InChI=1S/C14H16N4O4S/c1-3-21-14(20)16-13-15-9-4-5-18(7-11(9)23-13)12(19)10-6-8(2)22-17-10/h6H,3-5,7H2,1-2H3,(H,15,16,20). The van der Waals surface area contributed by atoms with Crippen molar-refractivity contribution in [2.24, 2.45) is 0 Å². The number of ether oxygens (including phenoxy) is 1. The van der Waals surface area contributed by atoms with E-state index in [4.69, 9.17) is 9.26 Å². The van der Waals surface area contributed by atoms with E-state index >= 15 is 0 Å². The van der Waals surface area contributed by atoms with Crippen LogP contribution in [0.15, 0.2) is 10.6 Å². The number of rotatable bonds is 3. The van der Waals surface area contributed by atoms with Crippen LogP contribution in [-0.4, -0.2) is 40.2 Å². The number of aromatic nitrogens is 2. The topological polar surface area (TPSA) is 97.6 Å². The Morgan fingerprint density at radius 1 is 1.52 bits per heavy atom. The van der Waals surface area contributed by atoms with Gasteiger partial charge in [0.1, 0.15) is 5.76 Å². The van der Waals surface area contributed by atoms with Crippen molar-refractivity contribution in [1.29, 1.82) is 0 Å². The van der Waals surface area contributed by atoms with E-state index in [-0.39, 0.29) is 5.91 Å². The van der Waals surface area contributed by atoms with Crippen molar-refractivity contribution in [2.75, 3.05) is 18.5 Å². The molecule has 122 valence electrons. The van der Waals surface area contributed by atoms with Crippen LogP contribution in [0.2, 0.25) is 0 Å². The highest BCUT2D eigenvalue weighted by Gasteiger charge is 2.26. The number of fused-ring (bicyclic) bond motifs is 1. The second-order valence-corrected chi connectivity index (χ2v) is 6.12. The lowest BCUT2D eigenvalue weighted by Gasteiger charge is -2.25. The van der Waals surface area contributed by atoms with Crippen molar-refractivity contribution in [2.45, 2.75) is 26.8 Å². The lowest BCUT2D eigenvalue weighted by molar-refractivity contribution is 0.0725. The highest BCUT2D eigenvalue weighted by molar-refractivity contribution is 7.15. The zero-order valence-electron chi connectivity index (χ0n) is 12.8. The van der Waals surface area contributed by atoms with E-state index < -0.39 is 6.09 Å². The van der Waals surface area contributed by atoms with Crippen LogP contribution < -0.4 is 5.32 Å². The Morgan fingerprint density at radius 3 is 3.04 bits per heavy atom. The Morgan fingerprint density at radius 2 is 2.35 bits per heavy atom. The number of nitrogens with one attached hydrogen (secondary N) is 1. The highest BCUT2D eigenvalue weighted by Crippen LogP contribution is 2.29. The molecule has 0 unspecified atom stereocenters. The Hall–Kier alpha value is -2.42. The fraction of sp³-hybridized carbons (Fsp3) is 0.429. The molecule has 0 aliphatic carbocycles. The molecule has 8 nitrogen and oxygen atoms in total. The minimum absolute atomic E-state index is 0.166. The monoisotopic (exact) mass is 336 g/mol. The van der Waals surface area contributed by atoms with Crippen molar-refractivity contribution < 1.29 is 18.8 Å². The van der Waals surface area contributed by atoms with Gasteiger partial charge in [-0.25, -0.2) is 9.78 Å². The minimum atomic E-state index is -0.524. The maximum Gasteiger partial charge on any atom is 0.413 e. The van der Waals surface area contributed by atoms with Gasteiger partial charge in [0.15, 0.2) is 10.8 Å². The normalized spacial score (nSPS) is 13.6. The molecule has 0 spiro atoms. The average molecular weight is 336 g/mol. The fourth-order valence-corrected chi connectivity index (χ4v) is 3.32. The predicted octanol–water partition coefficient (Wildman–Crippen LogP) is 2.21. The molecule has 3 rings (SSSR count). The molecule has 0 aromatic carbocycles. The van der Waals surface area contributed by atoms with Crippen molar-refractivity contribution in [1.82, 2.24) is 15.0 Å². The van der Waals surface area contributed by atoms with E-state index in [0.29, 0.717) is 42.7 Å². The predicted molar refractivity (Wildman–Crippen MR) is 82.4 cm³/mol. The molecule has 2 amide bonds. The number of thiazole rings is 1. The first-order valence-corrected chi connectivity index (χ1v) is 8.03. The Bertz CT molecular complexity index is 739. The second kappa shape index (κ2) is 6.37. The summed E-state index contributed by atoms with van der Waals surface area (Å²) in [6, 6.07) is 1.62. The third-order valence-corrected chi connectivity index (χ3v) is 4.35. The summed E-state index contributed by atoms with van der Waals surface area (Å²) in [6.45, 7) is 4.79. The molecule has 0 fully saturated rings. The second-order valence-electron chi connectivity index (χ2n) is 5.03. The van der Waals surface area contributed by atoms with Crippen LogP contribution in [0.1, 0.15) is 33.7 Å². The van der Waals surface area contributed by atoms with Crippen LogP contribution in [0, 0.1) is 6.92 Å². The lowest BCUT2D eigenvalue weighted by Crippen LogP contribution is -2.35. The molecule has 23 heavy (non-hydrogen) atoms. The van der Waals surface area contributed by atoms with Gasteiger partial charge in [-0.1, -0.05) is 16.5 Å². The molecule has 0 bridgehead atoms. The molecule has 0 radical (unpaired) electrons. The van der Waals surface area contributed by atoms with E-state index in [2.05, 4.69) is 15.5 Å². The van der Waals surface area contributed by atoms with E-state index in [9.17, 15) is 9.59 Å². The maximum absolute atomic E-state index is 12.4. The summed E-state index contributed by atoms with van der Waals surface area (Å²) in [4.78, 5) is 30.9. The third kappa shape index (κ3) is 3.34. The fourth-order valence-electron chi connectivity index (χ4n) is 2.31. The zero-order chi connectivity index (χ0) is 16.4. The van der Waals surface area contributed by atoms with Gasteiger partial charge in [0.2, 0.25) is 0 Å². The van der Waals surface area contributed by atoms with Crippen LogP contribution in [0.4, 0.5) is 9.93 Å². The molecular weight excluding hydrogens is 320 g/mol. The SMILES string of the molecule is CCOC(=O)Nc1nc2c(s1)CN(C(=O)c1cc(C)on1)CC2. The summed E-state index contributed by atoms with van der Waals surface area (Å²) in [5.41, 5.74) is 1.21. The molecule has 2 aromatic rings. The number of hydrogen-bond acceptors (Lipinski definition) is 7. The smallest absolute Gasteiger partial charge is 0.413 e. The number of amides is 2. The van der Waals surface area contributed by atoms with Crippen LogP contribution >= 0.6 is 11.3 Å². The Kier molecular flexibility index (Phi) is 4.28. The van der Waals surface area contributed by atoms with E-state index in [1.165, 1.54) is 11.3 Å². The first kappa shape index (κ1) is 15.5. The van der Waals surface area contributed by atoms with Crippen LogP contribution in [-0.2, 0) is 17.7 Å². The van der Waals surface area contributed by atoms with E-state index in [1.54, 1.807) is 24.8 Å². The lowest BCUT2D eigenvalue weighted by atomic mass is 10.1. The minimum Gasteiger partial charge on any atom is -0.450 e. The summed E-state index contributed by atoms with van der Waals surface area (Å²) in [5.74, 6) is 0.436. The molecule has 0 saturated heterocycles. The summed E-state index contributed by atoms with van der Waals surface area (Å²) >= 11 is 1.35. The molecule has 1 aliphatic heterocycles. The molecule has 3 heterocycles. The summed E-state index contributed by atoms with van der Waals surface area (Å²) in [5, 5.41) is 6.84. The van der Waals surface area contributed by atoms with Gasteiger partial charge in [-0.05, 0) is 13.8 Å². The molecule has 0 atom stereocenters. The molecular formula is C14H16N4O4S. The van der Waals surface area contributed by atoms with E-state index in [0.717, 1.165) is 10.6 Å². The first-order chi connectivity index (χ1) is 11.1. The molecule has 1 N–H and O–H groups in total. The quantitative estimate of drug-likeness (QED) is 0.923. The van der Waals surface area contributed by atoms with Crippen molar-refractivity contribution in [3.8, 4) is 0 Å². The van der Waals surface area contributed by atoms with Gasteiger partial charge < -0.3 is 14.2 Å². The van der Waals surface area contributed by atoms with Gasteiger partial charge in [0.05, 0.1) is 18.8 Å². The van der Waals surface area contributed by atoms with Crippen LogP contribution in [0.25, 0.3) is 0 Å². The summed E-state index contributed by atoms with van der Waals surface area (Å²) in [7, 11) is 0. The third-order valence-electron chi connectivity index (χ3n) is 3.35. The Balaban J connectivity index is 1.69. The number of carbonyl (C=O) groups is 2. The zero-order valence-corrected chi connectivity index (χ0v) is 13.6. The van der Waals surface area contributed by atoms with Gasteiger partial charge in [0, 0.05) is 23.9 Å². The van der Waals surface area contributed by atoms with Gasteiger partial charge >= 0.3 is 6.09 Å². The molecule has 9 heteroatoms. The molecule has 2 aromatic heterocycles. The van der Waals surface area contributed by atoms with Crippen LogP contribution in [0.3, 0.4) is 0 Å². The van der Waals surface area contributed by atoms with Gasteiger partial charge in [0.25, 0.3) is 5.91 Å². The number of anilines is 1. The van der Waals surface area contributed by atoms with Gasteiger partial charge in [-0.15, -0.1) is 0 Å².